The predicted octanol–water partition coefficient (Wildman–Crippen LogP) is 0.649. The fourth-order valence-electron chi connectivity index (χ4n) is 1.02. The molecule has 0 unspecified atom stereocenters. The first-order valence-corrected chi connectivity index (χ1v) is 4.83. The Morgan fingerprint density at radius 3 is 1.79 bits per heavy atom. The third-order valence-corrected chi connectivity index (χ3v) is 1.99. The summed E-state index contributed by atoms with van der Waals surface area (Å²) in [6, 6.07) is 0. The normalized spacial score (nSPS) is 10.1. The molecule has 0 radical (unpaired) electrons. The Morgan fingerprint density at radius 1 is 1.07 bits per heavy atom. The largest absolute Gasteiger partial charge is 0.336 e. The lowest BCUT2D eigenvalue weighted by Gasteiger charge is -2.17. The van der Waals surface area contributed by atoms with Gasteiger partial charge in [0.15, 0.2) is 0 Å². The maximum atomic E-state index is 11.4. The Labute approximate surface area is 84.3 Å². The molecule has 14 heavy (non-hydrogen) atoms. The molecule has 0 heterocycles. The highest BCUT2D eigenvalue weighted by Gasteiger charge is 2.27. The topological polar surface area (TPSA) is 54.5 Å². The Morgan fingerprint density at radius 2 is 1.50 bits per heavy atom. The van der Waals surface area contributed by atoms with Crippen LogP contribution in [0.1, 0.15) is 27.7 Å². The summed E-state index contributed by atoms with van der Waals surface area (Å²) in [6.45, 7) is 7.66. The van der Waals surface area contributed by atoms with E-state index in [9.17, 15) is 14.4 Å². The number of nitrogens with zero attached hydrogens (tertiary/aromatic N) is 1. The van der Waals surface area contributed by atoms with Crippen LogP contribution in [0.3, 0.4) is 0 Å². The number of amides is 1. The zero-order chi connectivity index (χ0) is 11.3. The van der Waals surface area contributed by atoms with E-state index < -0.39 is 23.4 Å². The van der Waals surface area contributed by atoms with Crippen molar-refractivity contribution in [3.05, 3.63) is 0 Å². The molecular weight excluding hydrogens is 182 g/mol. The van der Waals surface area contributed by atoms with Crippen molar-refractivity contribution in [3.8, 4) is 0 Å². The van der Waals surface area contributed by atoms with Gasteiger partial charge in [-0.1, -0.05) is 13.8 Å². The van der Waals surface area contributed by atoms with E-state index in [-0.39, 0.29) is 0 Å². The van der Waals surface area contributed by atoms with Gasteiger partial charge in [-0.15, -0.1) is 0 Å². The van der Waals surface area contributed by atoms with Crippen LogP contribution in [0.5, 0.6) is 0 Å². The molecule has 0 spiro atoms. The summed E-state index contributed by atoms with van der Waals surface area (Å²) in [7, 11) is 0. The van der Waals surface area contributed by atoms with Crippen molar-refractivity contribution in [1.82, 2.24) is 4.90 Å². The lowest BCUT2D eigenvalue weighted by molar-refractivity contribution is -0.150. The van der Waals surface area contributed by atoms with Gasteiger partial charge in [0.25, 0.3) is 11.7 Å². The number of Topliss-reactive ketones (excluding diaryl/α,β-unsaturated/α-hetero) is 2. The lowest BCUT2D eigenvalue weighted by atomic mass is 10.0. The maximum absolute atomic E-state index is 11.4. The minimum absolute atomic E-state index is 0.415. The summed E-state index contributed by atoms with van der Waals surface area (Å²) < 4.78 is 0. The SMILES string of the molecule is CCN(CC)C(=O)C(=O)C(=O)C(C)C. The van der Waals surface area contributed by atoms with E-state index in [0.717, 1.165) is 0 Å². The maximum Gasteiger partial charge on any atom is 0.298 e. The van der Waals surface area contributed by atoms with Gasteiger partial charge < -0.3 is 4.90 Å². The number of likely N-dealkylation sites (N-methyl/N-ethyl adjacent to an activating group) is 1. The van der Waals surface area contributed by atoms with Crippen LogP contribution in [-0.2, 0) is 14.4 Å². The molecule has 1 amide bonds. The molecule has 0 atom stereocenters. The van der Waals surface area contributed by atoms with Crippen molar-refractivity contribution in [2.75, 3.05) is 13.1 Å². The van der Waals surface area contributed by atoms with Gasteiger partial charge in [0.2, 0.25) is 5.78 Å². The van der Waals surface area contributed by atoms with E-state index in [1.54, 1.807) is 27.7 Å². The number of ketones is 2. The average molecular weight is 199 g/mol. The van der Waals surface area contributed by atoms with Crippen molar-refractivity contribution in [2.45, 2.75) is 27.7 Å². The van der Waals surface area contributed by atoms with Gasteiger partial charge in [-0.2, -0.15) is 0 Å². The van der Waals surface area contributed by atoms with E-state index in [0.29, 0.717) is 13.1 Å². The Hall–Kier alpha value is -1.19. The third-order valence-electron chi connectivity index (χ3n) is 1.99. The Bertz CT molecular complexity index is 242. The second kappa shape index (κ2) is 5.52. The smallest absolute Gasteiger partial charge is 0.298 e. The molecule has 0 aromatic heterocycles. The molecule has 0 aliphatic heterocycles. The average Bonchev–Trinajstić information content (AvgIpc) is 2.17. The van der Waals surface area contributed by atoms with Gasteiger partial charge >= 0.3 is 0 Å². The fourth-order valence-corrected chi connectivity index (χ4v) is 1.02. The zero-order valence-electron chi connectivity index (χ0n) is 9.16. The number of hydrogen-bond donors (Lipinski definition) is 0. The number of rotatable bonds is 5. The van der Waals surface area contributed by atoms with E-state index in [1.165, 1.54) is 4.90 Å². The molecular formula is C10H17NO3. The first-order chi connectivity index (χ1) is 6.45. The molecule has 4 heteroatoms. The highest BCUT2D eigenvalue weighted by atomic mass is 16.2. The van der Waals surface area contributed by atoms with Crippen LogP contribution in [0.2, 0.25) is 0 Å². The molecule has 0 aromatic carbocycles. The molecule has 0 rings (SSSR count). The third kappa shape index (κ3) is 2.94. The van der Waals surface area contributed by atoms with Crippen molar-refractivity contribution in [1.29, 1.82) is 0 Å². The van der Waals surface area contributed by atoms with Gasteiger partial charge in [0.1, 0.15) is 0 Å². The predicted molar refractivity (Wildman–Crippen MR) is 52.8 cm³/mol. The van der Waals surface area contributed by atoms with Crippen molar-refractivity contribution < 1.29 is 14.4 Å². The summed E-state index contributed by atoms with van der Waals surface area (Å²) in [6.07, 6.45) is 0. The minimum Gasteiger partial charge on any atom is -0.336 e. The molecule has 0 aliphatic rings. The summed E-state index contributed by atoms with van der Waals surface area (Å²) in [4.78, 5) is 35.3. The first-order valence-electron chi connectivity index (χ1n) is 4.83. The van der Waals surface area contributed by atoms with Crippen molar-refractivity contribution in [2.24, 2.45) is 5.92 Å². The summed E-state index contributed by atoms with van der Waals surface area (Å²) in [5.74, 6) is -2.61. The van der Waals surface area contributed by atoms with Crippen LogP contribution in [0.25, 0.3) is 0 Å². The van der Waals surface area contributed by atoms with E-state index >= 15 is 0 Å². The summed E-state index contributed by atoms with van der Waals surface area (Å²) in [5, 5.41) is 0. The van der Waals surface area contributed by atoms with Gasteiger partial charge in [-0.3, -0.25) is 14.4 Å². The fraction of sp³-hybridized carbons (Fsp3) is 0.700. The lowest BCUT2D eigenvalue weighted by Crippen LogP contribution is -2.40. The monoisotopic (exact) mass is 199 g/mol. The van der Waals surface area contributed by atoms with Crippen LogP contribution in [-0.4, -0.2) is 35.5 Å². The highest BCUT2D eigenvalue weighted by Crippen LogP contribution is 1.99. The molecule has 0 bridgehead atoms. The van der Waals surface area contributed by atoms with Crippen LogP contribution in [0.15, 0.2) is 0 Å². The van der Waals surface area contributed by atoms with Crippen molar-refractivity contribution in [3.63, 3.8) is 0 Å². The second-order valence-corrected chi connectivity index (χ2v) is 3.33. The van der Waals surface area contributed by atoms with Crippen LogP contribution in [0.4, 0.5) is 0 Å². The van der Waals surface area contributed by atoms with Gasteiger partial charge in [-0.25, -0.2) is 0 Å². The van der Waals surface area contributed by atoms with Gasteiger partial charge in [0.05, 0.1) is 0 Å². The molecule has 4 nitrogen and oxygen atoms in total. The molecule has 80 valence electrons. The Balaban J connectivity index is 4.54. The summed E-state index contributed by atoms with van der Waals surface area (Å²) >= 11 is 0. The molecule has 0 aromatic rings. The molecule has 0 N–H and O–H groups in total. The molecule has 0 fully saturated rings. The molecule has 0 saturated carbocycles. The standard InChI is InChI=1S/C10H17NO3/c1-5-11(6-2)10(14)9(13)8(12)7(3)4/h7H,5-6H2,1-4H3. The molecule has 0 aliphatic carbocycles. The number of hydrogen-bond acceptors (Lipinski definition) is 3. The van der Waals surface area contributed by atoms with Crippen LogP contribution < -0.4 is 0 Å². The first kappa shape index (κ1) is 12.8. The van der Waals surface area contributed by atoms with Gasteiger partial charge in [-0.05, 0) is 13.8 Å². The van der Waals surface area contributed by atoms with E-state index in [2.05, 4.69) is 0 Å². The van der Waals surface area contributed by atoms with E-state index in [1.807, 2.05) is 0 Å². The number of carbonyl (C=O) groups excluding carboxylic acids is 3. The van der Waals surface area contributed by atoms with Crippen molar-refractivity contribution >= 4 is 17.5 Å². The Kier molecular flexibility index (Phi) is 5.05. The minimum atomic E-state index is -0.899. The number of carbonyl (C=O) groups is 3. The van der Waals surface area contributed by atoms with Gasteiger partial charge in [0, 0.05) is 19.0 Å². The second-order valence-electron chi connectivity index (χ2n) is 3.33. The molecule has 0 saturated heterocycles. The zero-order valence-corrected chi connectivity index (χ0v) is 9.16. The van der Waals surface area contributed by atoms with Crippen LogP contribution >= 0.6 is 0 Å². The quantitative estimate of drug-likeness (QED) is 0.482. The van der Waals surface area contributed by atoms with Crippen LogP contribution in [0, 0.1) is 5.92 Å². The summed E-state index contributed by atoms with van der Waals surface area (Å²) in [5.41, 5.74) is 0. The highest BCUT2D eigenvalue weighted by molar-refractivity contribution is 6.63. The van der Waals surface area contributed by atoms with E-state index in [4.69, 9.17) is 0 Å².